The lowest BCUT2D eigenvalue weighted by Crippen LogP contribution is -2.16. The summed E-state index contributed by atoms with van der Waals surface area (Å²) in [5.41, 5.74) is 0.903. The van der Waals surface area contributed by atoms with E-state index >= 15 is 0 Å². The summed E-state index contributed by atoms with van der Waals surface area (Å²) in [5.74, 6) is -0.507. The van der Waals surface area contributed by atoms with Gasteiger partial charge >= 0.3 is 5.97 Å². The van der Waals surface area contributed by atoms with Crippen molar-refractivity contribution in [2.45, 2.75) is 6.92 Å². The lowest BCUT2D eigenvalue weighted by Gasteiger charge is -2.09. The van der Waals surface area contributed by atoms with Crippen LogP contribution in [0, 0.1) is 5.92 Å². The van der Waals surface area contributed by atoms with Crippen molar-refractivity contribution in [3.05, 3.63) is 42.2 Å². The molecule has 0 spiro atoms. The molecule has 0 fully saturated rings. The standard InChI is InChI=1S/C13H12O4/c1-3-10-4-6-11(7-5-10)17-12(8-14)9(2)13(15)16/h3-7,9H,1H2,2H3,(H,15,16). The maximum absolute atomic E-state index is 10.7. The van der Waals surface area contributed by atoms with Crippen LogP contribution < -0.4 is 4.74 Å². The summed E-state index contributed by atoms with van der Waals surface area (Å²) < 4.78 is 5.16. The lowest BCUT2D eigenvalue weighted by atomic mass is 10.1. The number of ether oxygens (including phenoxy) is 1. The third-order valence-corrected chi connectivity index (χ3v) is 2.21. The molecule has 4 nitrogen and oxygen atoms in total. The topological polar surface area (TPSA) is 63.6 Å². The predicted molar refractivity (Wildman–Crippen MR) is 63.2 cm³/mol. The smallest absolute Gasteiger partial charge is 0.314 e. The van der Waals surface area contributed by atoms with Crippen LogP contribution in [0.15, 0.2) is 36.6 Å². The average molecular weight is 232 g/mol. The minimum absolute atomic E-state index is 0.246. The maximum Gasteiger partial charge on any atom is 0.314 e. The van der Waals surface area contributed by atoms with Gasteiger partial charge in [-0.1, -0.05) is 24.8 Å². The summed E-state index contributed by atoms with van der Waals surface area (Å²) in [6.07, 6.45) is 1.67. The van der Waals surface area contributed by atoms with E-state index in [4.69, 9.17) is 9.84 Å². The van der Waals surface area contributed by atoms with Crippen molar-refractivity contribution in [3.63, 3.8) is 0 Å². The second-order valence-corrected chi connectivity index (χ2v) is 3.40. The van der Waals surface area contributed by atoms with Crippen LogP contribution in [0.3, 0.4) is 0 Å². The molecule has 0 saturated heterocycles. The first kappa shape index (κ1) is 12.7. The molecule has 0 saturated carbocycles. The molecule has 0 aliphatic carbocycles. The van der Waals surface area contributed by atoms with Gasteiger partial charge in [0.15, 0.2) is 5.94 Å². The Balaban J connectivity index is 2.85. The normalized spacial score (nSPS) is 11.1. The van der Waals surface area contributed by atoms with Crippen molar-refractivity contribution < 1.29 is 19.4 Å². The number of carbonyl (C=O) groups is 1. The highest BCUT2D eigenvalue weighted by molar-refractivity contribution is 5.76. The molecule has 0 aromatic heterocycles. The van der Waals surface area contributed by atoms with Crippen molar-refractivity contribution >= 4 is 18.0 Å². The van der Waals surface area contributed by atoms with E-state index in [-0.39, 0.29) is 5.76 Å². The Hall–Kier alpha value is -2.32. The van der Waals surface area contributed by atoms with E-state index in [1.165, 1.54) is 12.9 Å². The number of benzene rings is 1. The number of carbonyl (C=O) groups excluding carboxylic acids is 1. The lowest BCUT2D eigenvalue weighted by molar-refractivity contribution is -0.140. The number of carboxylic acid groups (broad SMARTS) is 1. The summed E-state index contributed by atoms with van der Waals surface area (Å²) in [5, 5.41) is 8.75. The first-order valence-corrected chi connectivity index (χ1v) is 4.96. The van der Waals surface area contributed by atoms with Crippen molar-refractivity contribution in [2.75, 3.05) is 0 Å². The molecule has 4 heteroatoms. The Bertz CT molecular complexity index is 467. The first-order valence-electron chi connectivity index (χ1n) is 4.96. The van der Waals surface area contributed by atoms with Crippen LogP contribution in [0.1, 0.15) is 12.5 Å². The van der Waals surface area contributed by atoms with Gasteiger partial charge in [-0.05, 0) is 24.6 Å². The highest BCUT2D eigenvalue weighted by atomic mass is 16.5. The van der Waals surface area contributed by atoms with Crippen LogP contribution in [-0.2, 0) is 9.59 Å². The van der Waals surface area contributed by atoms with Gasteiger partial charge in [0, 0.05) is 0 Å². The summed E-state index contributed by atoms with van der Waals surface area (Å²) in [6, 6.07) is 6.75. The van der Waals surface area contributed by atoms with Crippen LogP contribution in [0.25, 0.3) is 6.08 Å². The molecule has 88 valence electrons. The zero-order chi connectivity index (χ0) is 12.8. The molecule has 0 amide bonds. The Morgan fingerprint density at radius 3 is 2.47 bits per heavy atom. The third-order valence-electron chi connectivity index (χ3n) is 2.21. The number of hydrogen-bond acceptors (Lipinski definition) is 3. The molecule has 1 atom stereocenters. The molecular formula is C13H12O4. The van der Waals surface area contributed by atoms with Crippen LogP contribution in [0.2, 0.25) is 0 Å². The fourth-order valence-corrected chi connectivity index (χ4v) is 1.11. The quantitative estimate of drug-likeness (QED) is 0.624. The van der Waals surface area contributed by atoms with Crippen LogP contribution in [0.5, 0.6) is 5.75 Å². The molecule has 0 heterocycles. The molecule has 1 rings (SSSR count). The SMILES string of the molecule is C=Cc1ccc(OC(=C=O)C(C)C(=O)O)cc1. The van der Waals surface area contributed by atoms with Crippen LogP contribution in [-0.4, -0.2) is 17.0 Å². The van der Waals surface area contributed by atoms with Crippen molar-refractivity contribution in [1.82, 2.24) is 0 Å². The molecule has 1 N–H and O–H groups in total. The second-order valence-electron chi connectivity index (χ2n) is 3.40. The van der Waals surface area contributed by atoms with Gasteiger partial charge in [-0.25, -0.2) is 4.79 Å². The minimum Gasteiger partial charge on any atom is -0.481 e. The molecule has 0 aliphatic rings. The monoisotopic (exact) mass is 232 g/mol. The number of carboxylic acids is 1. The summed E-state index contributed by atoms with van der Waals surface area (Å²) >= 11 is 0. The molecule has 0 aliphatic heterocycles. The first-order chi connectivity index (χ1) is 8.08. The second kappa shape index (κ2) is 5.68. The van der Waals surface area contributed by atoms with Gasteiger partial charge in [-0.2, -0.15) is 0 Å². The molecule has 17 heavy (non-hydrogen) atoms. The fraction of sp³-hybridized carbons (Fsp3) is 0.154. The Labute approximate surface area is 98.8 Å². The molecule has 1 unspecified atom stereocenters. The fourth-order valence-electron chi connectivity index (χ4n) is 1.11. The van der Waals surface area contributed by atoms with Gasteiger partial charge in [-0.15, -0.1) is 0 Å². The van der Waals surface area contributed by atoms with E-state index in [2.05, 4.69) is 6.58 Å². The third kappa shape index (κ3) is 3.33. The molecular weight excluding hydrogens is 220 g/mol. The predicted octanol–water partition coefficient (Wildman–Crippen LogP) is 2.14. The van der Waals surface area contributed by atoms with Gasteiger partial charge in [-0.3, -0.25) is 4.79 Å². The number of hydrogen-bond donors (Lipinski definition) is 1. The number of aliphatic carboxylic acids is 1. The van der Waals surface area contributed by atoms with Gasteiger partial charge in [0.1, 0.15) is 11.7 Å². The largest absolute Gasteiger partial charge is 0.481 e. The van der Waals surface area contributed by atoms with Gasteiger partial charge in [0.2, 0.25) is 5.76 Å². The van der Waals surface area contributed by atoms with Crippen molar-refractivity contribution in [2.24, 2.45) is 5.92 Å². The van der Waals surface area contributed by atoms with E-state index in [1.807, 2.05) is 0 Å². The molecule has 1 aromatic rings. The van der Waals surface area contributed by atoms with E-state index in [9.17, 15) is 9.59 Å². The van der Waals surface area contributed by atoms with Crippen molar-refractivity contribution in [1.29, 1.82) is 0 Å². The zero-order valence-electron chi connectivity index (χ0n) is 9.34. The molecule has 0 radical (unpaired) electrons. The van der Waals surface area contributed by atoms with E-state index in [1.54, 1.807) is 30.3 Å². The van der Waals surface area contributed by atoms with E-state index < -0.39 is 11.9 Å². The van der Waals surface area contributed by atoms with Gasteiger partial charge < -0.3 is 9.84 Å². The summed E-state index contributed by atoms with van der Waals surface area (Å²) in [7, 11) is 0. The minimum atomic E-state index is -1.13. The van der Waals surface area contributed by atoms with E-state index in [0.29, 0.717) is 5.75 Å². The summed E-state index contributed by atoms with van der Waals surface area (Å²) in [6.45, 7) is 4.96. The van der Waals surface area contributed by atoms with Gasteiger partial charge in [0.05, 0.1) is 0 Å². The average Bonchev–Trinajstić information content (AvgIpc) is 2.35. The van der Waals surface area contributed by atoms with Crippen molar-refractivity contribution in [3.8, 4) is 5.75 Å². The van der Waals surface area contributed by atoms with E-state index in [0.717, 1.165) is 5.56 Å². The Morgan fingerprint density at radius 2 is 2.06 bits per heavy atom. The Morgan fingerprint density at radius 1 is 1.47 bits per heavy atom. The summed E-state index contributed by atoms with van der Waals surface area (Å²) in [4.78, 5) is 21.3. The highest BCUT2D eigenvalue weighted by Gasteiger charge is 2.20. The molecule has 0 bridgehead atoms. The van der Waals surface area contributed by atoms with Crippen LogP contribution >= 0.6 is 0 Å². The van der Waals surface area contributed by atoms with Gasteiger partial charge in [0.25, 0.3) is 0 Å². The zero-order valence-corrected chi connectivity index (χ0v) is 9.34. The molecule has 1 aromatic carbocycles. The highest BCUT2D eigenvalue weighted by Crippen LogP contribution is 2.18. The maximum atomic E-state index is 10.7. The Kier molecular flexibility index (Phi) is 4.26. The number of rotatable bonds is 5. The van der Waals surface area contributed by atoms with Crippen LogP contribution in [0.4, 0.5) is 0 Å².